The molecule has 0 saturated carbocycles. The van der Waals surface area contributed by atoms with E-state index in [1.54, 1.807) is 6.07 Å². The Morgan fingerprint density at radius 3 is 2.71 bits per heavy atom. The van der Waals surface area contributed by atoms with Crippen LogP contribution in [0.15, 0.2) is 24.3 Å². The third kappa shape index (κ3) is 4.35. The fourth-order valence-corrected chi connectivity index (χ4v) is 2.62. The lowest BCUT2D eigenvalue weighted by Gasteiger charge is -2.16. The quantitative estimate of drug-likeness (QED) is 0.929. The number of hydrogen-bond acceptors (Lipinski definition) is 3. The third-order valence-electron chi connectivity index (χ3n) is 3.54. The molecule has 0 amide bonds. The maximum Gasteiger partial charge on any atom is 0.573 e. The molecule has 1 aromatic carbocycles. The topological polar surface area (TPSA) is 49.8 Å². The number of benzene rings is 1. The minimum atomic E-state index is -4.71. The molecule has 116 valence electrons. The van der Waals surface area contributed by atoms with Gasteiger partial charge in [-0.3, -0.25) is 9.69 Å². The molecule has 1 aliphatic heterocycles. The summed E-state index contributed by atoms with van der Waals surface area (Å²) in [5.74, 6) is -1.50. The number of halogens is 3. The van der Waals surface area contributed by atoms with Crippen molar-refractivity contribution in [1.29, 1.82) is 0 Å². The first-order valence-electron chi connectivity index (χ1n) is 6.54. The highest BCUT2D eigenvalue weighted by Crippen LogP contribution is 2.27. The van der Waals surface area contributed by atoms with E-state index in [1.807, 2.05) is 11.8 Å². The Balaban J connectivity index is 2.01. The molecule has 2 unspecified atom stereocenters. The predicted molar refractivity (Wildman–Crippen MR) is 68.7 cm³/mol. The van der Waals surface area contributed by atoms with Gasteiger partial charge in [-0.15, -0.1) is 13.2 Å². The molecule has 1 N–H and O–H groups in total. The molecular formula is C14H16F3NO3. The Bertz CT molecular complexity index is 518. The van der Waals surface area contributed by atoms with E-state index in [4.69, 9.17) is 5.11 Å². The molecule has 7 heteroatoms. The molecule has 0 radical (unpaired) electrons. The highest BCUT2D eigenvalue weighted by Gasteiger charge is 2.34. The SMILES string of the molecule is CC1CN(Cc2cccc(OC(F)(F)F)c2)CC1C(=O)O. The van der Waals surface area contributed by atoms with Gasteiger partial charge in [0, 0.05) is 19.6 Å². The van der Waals surface area contributed by atoms with E-state index < -0.39 is 18.2 Å². The second-order valence-corrected chi connectivity index (χ2v) is 5.31. The summed E-state index contributed by atoms with van der Waals surface area (Å²) in [5.41, 5.74) is 0.662. The van der Waals surface area contributed by atoms with Gasteiger partial charge in [-0.25, -0.2) is 0 Å². The summed E-state index contributed by atoms with van der Waals surface area (Å²) in [6, 6.07) is 5.75. The average Bonchev–Trinajstić information content (AvgIpc) is 2.68. The van der Waals surface area contributed by atoms with Crippen LogP contribution in [-0.4, -0.2) is 35.4 Å². The lowest BCUT2D eigenvalue weighted by molar-refractivity contribution is -0.274. The van der Waals surface area contributed by atoms with Crippen LogP contribution in [0.25, 0.3) is 0 Å². The first-order chi connectivity index (χ1) is 9.74. The van der Waals surface area contributed by atoms with E-state index in [0.717, 1.165) is 0 Å². The van der Waals surface area contributed by atoms with Crippen molar-refractivity contribution in [2.24, 2.45) is 11.8 Å². The van der Waals surface area contributed by atoms with E-state index in [0.29, 0.717) is 25.2 Å². The minimum absolute atomic E-state index is 0.0251. The average molecular weight is 303 g/mol. The van der Waals surface area contributed by atoms with Gasteiger partial charge < -0.3 is 9.84 Å². The fraction of sp³-hybridized carbons (Fsp3) is 0.500. The molecule has 0 aromatic heterocycles. The van der Waals surface area contributed by atoms with E-state index in [-0.39, 0.29) is 11.7 Å². The summed E-state index contributed by atoms with van der Waals surface area (Å²) in [4.78, 5) is 13.0. The minimum Gasteiger partial charge on any atom is -0.481 e. The zero-order valence-electron chi connectivity index (χ0n) is 11.4. The highest BCUT2D eigenvalue weighted by molar-refractivity contribution is 5.71. The van der Waals surface area contributed by atoms with Crippen molar-refractivity contribution in [3.05, 3.63) is 29.8 Å². The fourth-order valence-electron chi connectivity index (χ4n) is 2.62. The van der Waals surface area contributed by atoms with E-state index in [1.165, 1.54) is 18.2 Å². The Kier molecular flexibility index (Phi) is 4.41. The first-order valence-corrected chi connectivity index (χ1v) is 6.54. The van der Waals surface area contributed by atoms with Crippen molar-refractivity contribution in [2.75, 3.05) is 13.1 Å². The monoisotopic (exact) mass is 303 g/mol. The van der Waals surface area contributed by atoms with E-state index in [9.17, 15) is 18.0 Å². The molecule has 4 nitrogen and oxygen atoms in total. The van der Waals surface area contributed by atoms with Crippen LogP contribution in [0.2, 0.25) is 0 Å². The molecule has 0 aliphatic carbocycles. The number of carboxylic acids is 1. The number of alkyl halides is 3. The third-order valence-corrected chi connectivity index (χ3v) is 3.54. The zero-order chi connectivity index (χ0) is 15.6. The van der Waals surface area contributed by atoms with Crippen LogP contribution in [0, 0.1) is 11.8 Å². The number of ether oxygens (including phenoxy) is 1. The second kappa shape index (κ2) is 5.93. The number of hydrogen-bond donors (Lipinski definition) is 1. The van der Waals surface area contributed by atoms with E-state index in [2.05, 4.69) is 4.74 Å². The molecule has 0 bridgehead atoms. The van der Waals surface area contributed by atoms with Crippen molar-refractivity contribution in [3.63, 3.8) is 0 Å². The van der Waals surface area contributed by atoms with Crippen molar-refractivity contribution in [2.45, 2.75) is 19.8 Å². The van der Waals surface area contributed by atoms with E-state index >= 15 is 0 Å². The molecule has 1 aromatic rings. The standard InChI is InChI=1S/C14H16F3NO3/c1-9-6-18(8-12(9)13(19)20)7-10-3-2-4-11(5-10)21-14(15,16)17/h2-5,9,12H,6-8H2,1H3,(H,19,20). The normalized spacial score (nSPS) is 23.2. The van der Waals surface area contributed by atoms with Crippen LogP contribution in [0.3, 0.4) is 0 Å². The summed E-state index contributed by atoms with van der Waals surface area (Å²) in [7, 11) is 0. The zero-order valence-corrected chi connectivity index (χ0v) is 11.4. The van der Waals surface area contributed by atoms with Gasteiger partial charge >= 0.3 is 12.3 Å². The van der Waals surface area contributed by atoms with Crippen LogP contribution in [0.5, 0.6) is 5.75 Å². The summed E-state index contributed by atoms with van der Waals surface area (Å²) >= 11 is 0. The Hall–Kier alpha value is -1.76. The molecule has 0 spiro atoms. The van der Waals surface area contributed by atoms with Gasteiger partial charge in [0.25, 0.3) is 0 Å². The lowest BCUT2D eigenvalue weighted by atomic mass is 9.99. The maximum absolute atomic E-state index is 12.2. The van der Waals surface area contributed by atoms with Gasteiger partial charge in [0.2, 0.25) is 0 Å². The van der Waals surface area contributed by atoms with Crippen LogP contribution >= 0.6 is 0 Å². The van der Waals surface area contributed by atoms with Crippen LogP contribution in [0.4, 0.5) is 13.2 Å². The molecule has 1 fully saturated rings. The molecule has 1 aliphatic rings. The lowest BCUT2D eigenvalue weighted by Crippen LogP contribution is -2.23. The van der Waals surface area contributed by atoms with Gasteiger partial charge in [0.15, 0.2) is 0 Å². The van der Waals surface area contributed by atoms with Crippen molar-refractivity contribution in [1.82, 2.24) is 4.90 Å². The number of likely N-dealkylation sites (tertiary alicyclic amines) is 1. The van der Waals surface area contributed by atoms with Gasteiger partial charge in [-0.2, -0.15) is 0 Å². The largest absolute Gasteiger partial charge is 0.573 e. The molecular weight excluding hydrogens is 287 g/mol. The van der Waals surface area contributed by atoms with Crippen molar-refractivity contribution in [3.8, 4) is 5.75 Å². The van der Waals surface area contributed by atoms with Crippen LogP contribution in [0.1, 0.15) is 12.5 Å². The van der Waals surface area contributed by atoms with Crippen molar-refractivity contribution >= 4 is 5.97 Å². The number of carboxylic acid groups (broad SMARTS) is 1. The van der Waals surface area contributed by atoms with Crippen molar-refractivity contribution < 1.29 is 27.8 Å². The van der Waals surface area contributed by atoms with Gasteiger partial charge in [0.05, 0.1) is 5.92 Å². The number of nitrogens with zero attached hydrogens (tertiary/aromatic N) is 1. The molecule has 2 atom stereocenters. The number of carbonyl (C=O) groups is 1. The second-order valence-electron chi connectivity index (χ2n) is 5.31. The molecule has 1 saturated heterocycles. The summed E-state index contributed by atoms with van der Waals surface area (Å²) < 4.78 is 40.4. The predicted octanol–water partition coefficient (Wildman–Crippen LogP) is 2.74. The maximum atomic E-state index is 12.2. The van der Waals surface area contributed by atoms with Crippen LogP contribution in [-0.2, 0) is 11.3 Å². The summed E-state index contributed by atoms with van der Waals surface area (Å²) in [6.45, 7) is 3.29. The molecule has 1 heterocycles. The molecule has 21 heavy (non-hydrogen) atoms. The summed E-state index contributed by atoms with van der Waals surface area (Å²) in [5, 5.41) is 9.07. The molecule has 2 rings (SSSR count). The highest BCUT2D eigenvalue weighted by atomic mass is 19.4. The van der Waals surface area contributed by atoms with Gasteiger partial charge in [-0.1, -0.05) is 19.1 Å². The van der Waals surface area contributed by atoms with Crippen LogP contribution < -0.4 is 4.74 Å². The summed E-state index contributed by atoms with van der Waals surface area (Å²) in [6.07, 6.45) is -4.71. The Morgan fingerprint density at radius 1 is 1.43 bits per heavy atom. The number of rotatable bonds is 4. The number of aliphatic carboxylic acids is 1. The Labute approximate surface area is 120 Å². The van der Waals surface area contributed by atoms with Gasteiger partial charge in [-0.05, 0) is 23.6 Å². The smallest absolute Gasteiger partial charge is 0.481 e. The first kappa shape index (κ1) is 15.6. The Morgan fingerprint density at radius 2 is 2.14 bits per heavy atom. The van der Waals surface area contributed by atoms with Gasteiger partial charge in [0.1, 0.15) is 5.75 Å².